The minimum Gasteiger partial charge on any atom is -0.481 e. The number of carboxylic acids is 1. The van der Waals surface area contributed by atoms with Crippen LogP contribution in [0.2, 0.25) is 0 Å². The van der Waals surface area contributed by atoms with Crippen LogP contribution >= 0.6 is 0 Å². The number of hydrogen-bond donors (Lipinski definition) is 1. The molecule has 5 heteroatoms. The van der Waals surface area contributed by atoms with Gasteiger partial charge in [0, 0.05) is 26.2 Å². The zero-order chi connectivity index (χ0) is 13.8. The Balaban J connectivity index is 2.80. The van der Waals surface area contributed by atoms with E-state index in [0.717, 1.165) is 6.42 Å². The molecule has 1 saturated heterocycles. The maximum Gasteiger partial charge on any atom is 0.320 e. The van der Waals surface area contributed by atoms with E-state index in [1.165, 1.54) is 0 Å². The van der Waals surface area contributed by atoms with Crippen LogP contribution in [0, 0.1) is 5.41 Å². The van der Waals surface area contributed by atoms with Crippen LogP contribution in [0.25, 0.3) is 0 Å². The third-order valence-corrected chi connectivity index (χ3v) is 4.01. The van der Waals surface area contributed by atoms with Gasteiger partial charge in [0.2, 0.25) is 0 Å². The molecule has 2 amide bonds. The molecule has 104 valence electrons. The Morgan fingerprint density at radius 2 is 1.89 bits per heavy atom. The lowest BCUT2D eigenvalue weighted by molar-refractivity contribution is -0.152. The van der Waals surface area contributed by atoms with Gasteiger partial charge in [-0.2, -0.15) is 0 Å². The van der Waals surface area contributed by atoms with Crippen LogP contribution in [0.4, 0.5) is 4.79 Å². The van der Waals surface area contributed by atoms with Gasteiger partial charge in [0.1, 0.15) is 0 Å². The van der Waals surface area contributed by atoms with Crippen LogP contribution < -0.4 is 0 Å². The van der Waals surface area contributed by atoms with Crippen LogP contribution in [-0.4, -0.2) is 53.1 Å². The number of aliphatic carboxylic acids is 1. The predicted molar refractivity (Wildman–Crippen MR) is 69.5 cm³/mol. The first-order valence-electron chi connectivity index (χ1n) is 6.78. The zero-order valence-corrected chi connectivity index (χ0v) is 11.6. The smallest absolute Gasteiger partial charge is 0.320 e. The van der Waals surface area contributed by atoms with E-state index >= 15 is 0 Å². The largest absolute Gasteiger partial charge is 0.481 e. The number of rotatable bonds is 4. The first kappa shape index (κ1) is 14.8. The van der Waals surface area contributed by atoms with Crippen molar-refractivity contribution >= 4 is 12.0 Å². The van der Waals surface area contributed by atoms with E-state index in [0.29, 0.717) is 39.0 Å². The van der Waals surface area contributed by atoms with Crippen molar-refractivity contribution in [2.75, 3.05) is 26.2 Å². The molecule has 1 atom stereocenters. The molecular formula is C13H24N2O3. The molecule has 0 spiro atoms. The number of likely N-dealkylation sites (tertiary alicyclic amines) is 1. The van der Waals surface area contributed by atoms with Gasteiger partial charge >= 0.3 is 12.0 Å². The summed E-state index contributed by atoms with van der Waals surface area (Å²) in [6.07, 6.45) is 2.01. The number of amides is 2. The van der Waals surface area contributed by atoms with Crippen LogP contribution in [0.1, 0.15) is 40.0 Å². The minimum absolute atomic E-state index is 0.0289. The Labute approximate surface area is 109 Å². The number of urea groups is 1. The summed E-state index contributed by atoms with van der Waals surface area (Å²) >= 11 is 0. The summed E-state index contributed by atoms with van der Waals surface area (Å²) in [5.41, 5.74) is -0.749. The molecule has 1 aliphatic heterocycles. The van der Waals surface area contributed by atoms with Crippen molar-refractivity contribution in [3.05, 3.63) is 0 Å². The topological polar surface area (TPSA) is 60.9 Å². The average molecular weight is 256 g/mol. The fourth-order valence-electron chi connectivity index (χ4n) is 2.60. The van der Waals surface area contributed by atoms with Gasteiger partial charge in [-0.15, -0.1) is 0 Å². The summed E-state index contributed by atoms with van der Waals surface area (Å²) in [6, 6.07) is -0.0289. The Hall–Kier alpha value is -1.26. The second-order valence-corrected chi connectivity index (χ2v) is 4.92. The molecule has 1 unspecified atom stereocenters. The van der Waals surface area contributed by atoms with E-state index < -0.39 is 11.4 Å². The van der Waals surface area contributed by atoms with E-state index in [2.05, 4.69) is 0 Å². The Morgan fingerprint density at radius 1 is 1.28 bits per heavy atom. The van der Waals surface area contributed by atoms with Crippen LogP contribution in [0.5, 0.6) is 0 Å². The molecule has 0 aromatic carbocycles. The summed E-state index contributed by atoms with van der Waals surface area (Å²) in [5, 5.41) is 9.39. The van der Waals surface area contributed by atoms with E-state index in [9.17, 15) is 14.7 Å². The van der Waals surface area contributed by atoms with E-state index in [-0.39, 0.29) is 6.03 Å². The quantitative estimate of drug-likeness (QED) is 0.837. The van der Waals surface area contributed by atoms with E-state index in [1.807, 2.05) is 20.8 Å². The van der Waals surface area contributed by atoms with Crippen molar-refractivity contribution in [3.8, 4) is 0 Å². The molecule has 1 rings (SSSR count). The van der Waals surface area contributed by atoms with Crippen LogP contribution in [0.3, 0.4) is 0 Å². The molecule has 1 aliphatic rings. The number of carbonyl (C=O) groups excluding carboxylic acids is 1. The van der Waals surface area contributed by atoms with E-state index in [1.54, 1.807) is 9.80 Å². The second-order valence-electron chi connectivity index (χ2n) is 4.92. The second kappa shape index (κ2) is 6.07. The van der Waals surface area contributed by atoms with Crippen molar-refractivity contribution in [1.82, 2.24) is 9.80 Å². The third-order valence-electron chi connectivity index (χ3n) is 4.01. The zero-order valence-electron chi connectivity index (χ0n) is 11.6. The van der Waals surface area contributed by atoms with Gasteiger partial charge in [0.15, 0.2) is 0 Å². The number of hydrogen-bond acceptors (Lipinski definition) is 2. The first-order chi connectivity index (χ1) is 8.50. The van der Waals surface area contributed by atoms with Crippen LogP contribution in [-0.2, 0) is 4.79 Å². The molecule has 0 bridgehead atoms. The monoisotopic (exact) mass is 256 g/mol. The van der Waals surface area contributed by atoms with Crippen molar-refractivity contribution in [1.29, 1.82) is 0 Å². The van der Waals surface area contributed by atoms with Crippen molar-refractivity contribution in [3.63, 3.8) is 0 Å². The summed E-state index contributed by atoms with van der Waals surface area (Å²) in [5.74, 6) is -0.776. The van der Waals surface area contributed by atoms with Crippen molar-refractivity contribution < 1.29 is 14.7 Å². The Bertz CT molecular complexity index is 315. The summed E-state index contributed by atoms with van der Waals surface area (Å²) < 4.78 is 0. The normalized spacial score (nSPS) is 23.8. The Kier molecular flexibility index (Phi) is 4.99. The lowest BCUT2D eigenvalue weighted by Gasteiger charge is -2.41. The average Bonchev–Trinajstić information content (AvgIpc) is 2.39. The van der Waals surface area contributed by atoms with Gasteiger partial charge < -0.3 is 14.9 Å². The minimum atomic E-state index is -0.776. The van der Waals surface area contributed by atoms with E-state index in [4.69, 9.17) is 0 Å². The fraction of sp³-hybridized carbons (Fsp3) is 0.846. The standard InChI is InChI=1S/C13H24N2O3/c1-4-13(11(16)17)8-7-9-15(10-13)12(18)14(5-2)6-3/h4-10H2,1-3H3,(H,16,17). The Morgan fingerprint density at radius 3 is 2.33 bits per heavy atom. The highest BCUT2D eigenvalue weighted by atomic mass is 16.4. The number of piperidine rings is 1. The predicted octanol–water partition coefficient (Wildman–Crippen LogP) is 2.03. The summed E-state index contributed by atoms with van der Waals surface area (Å²) in [7, 11) is 0. The molecule has 5 nitrogen and oxygen atoms in total. The molecule has 1 heterocycles. The number of carbonyl (C=O) groups is 2. The highest BCUT2D eigenvalue weighted by molar-refractivity contribution is 5.78. The van der Waals surface area contributed by atoms with Gasteiger partial charge in [-0.05, 0) is 33.1 Å². The highest BCUT2D eigenvalue weighted by Crippen LogP contribution is 2.34. The summed E-state index contributed by atoms with van der Waals surface area (Å²) in [6.45, 7) is 8.11. The van der Waals surface area contributed by atoms with Gasteiger partial charge in [-0.25, -0.2) is 4.79 Å². The van der Waals surface area contributed by atoms with Gasteiger partial charge in [-0.3, -0.25) is 4.79 Å². The van der Waals surface area contributed by atoms with Crippen molar-refractivity contribution in [2.24, 2.45) is 5.41 Å². The lowest BCUT2D eigenvalue weighted by atomic mass is 9.78. The van der Waals surface area contributed by atoms with Crippen LogP contribution in [0.15, 0.2) is 0 Å². The SMILES string of the molecule is CCN(CC)C(=O)N1CCCC(CC)(C(=O)O)C1. The third kappa shape index (κ3) is 2.76. The molecule has 18 heavy (non-hydrogen) atoms. The fourth-order valence-corrected chi connectivity index (χ4v) is 2.60. The molecular weight excluding hydrogens is 232 g/mol. The summed E-state index contributed by atoms with van der Waals surface area (Å²) in [4.78, 5) is 27.1. The molecule has 1 fully saturated rings. The van der Waals surface area contributed by atoms with Gasteiger partial charge in [0.25, 0.3) is 0 Å². The molecule has 1 N–H and O–H groups in total. The lowest BCUT2D eigenvalue weighted by Crippen LogP contribution is -2.53. The van der Waals surface area contributed by atoms with Gasteiger partial charge in [0.05, 0.1) is 5.41 Å². The maximum atomic E-state index is 12.2. The molecule has 0 aromatic heterocycles. The highest BCUT2D eigenvalue weighted by Gasteiger charge is 2.42. The number of carboxylic acid groups (broad SMARTS) is 1. The number of nitrogens with zero attached hydrogens (tertiary/aromatic N) is 2. The maximum absolute atomic E-state index is 12.2. The molecule has 0 aromatic rings. The molecule has 0 aliphatic carbocycles. The first-order valence-corrected chi connectivity index (χ1v) is 6.78. The van der Waals surface area contributed by atoms with Crippen molar-refractivity contribution in [2.45, 2.75) is 40.0 Å². The molecule has 0 saturated carbocycles. The van der Waals surface area contributed by atoms with Gasteiger partial charge in [-0.1, -0.05) is 6.92 Å². The molecule has 0 radical (unpaired) electrons.